The molecule has 162 valence electrons. The predicted molar refractivity (Wildman–Crippen MR) is 137 cm³/mol. The molecule has 4 aromatic rings. The summed E-state index contributed by atoms with van der Waals surface area (Å²) in [4.78, 5) is 29.4. The van der Waals surface area contributed by atoms with Gasteiger partial charge in [0.15, 0.2) is 0 Å². The molecule has 0 fully saturated rings. The SMILES string of the molecule is Cc1ccc(C2=C(SCc3ccccc3)C(=O)N(c3cccc4ccccc34)C2=O)cc1C. The minimum atomic E-state index is -0.268. The molecule has 0 unspecified atom stereocenters. The molecule has 3 nitrogen and oxygen atoms in total. The van der Waals surface area contributed by atoms with Crippen molar-refractivity contribution >= 4 is 45.6 Å². The maximum Gasteiger partial charge on any atom is 0.272 e. The van der Waals surface area contributed by atoms with Crippen LogP contribution in [0.1, 0.15) is 22.3 Å². The van der Waals surface area contributed by atoms with Crippen molar-refractivity contribution in [1.82, 2.24) is 0 Å². The summed E-state index contributed by atoms with van der Waals surface area (Å²) >= 11 is 1.43. The van der Waals surface area contributed by atoms with E-state index in [0.29, 0.717) is 21.9 Å². The predicted octanol–water partition coefficient (Wildman–Crippen LogP) is 6.67. The van der Waals surface area contributed by atoms with Crippen LogP contribution in [0.4, 0.5) is 5.69 Å². The Bertz CT molecular complexity index is 1420. The van der Waals surface area contributed by atoms with Gasteiger partial charge < -0.3 is 0 Å². The number of fused-ring (bicyclic) bond motifs is 1. The lowest BCUT2D eigenvalue weighted by molar-refractivity contribution is -0.119. The Labute approximate surface area is 197 Å². The summed E-state index contributed by atoms with van der Waals surface area (Å²) in [5, 5.41) is 1.88. The van der Waals surface area contributed by atoms with E-state index in [1.807, 2.05) is 105 Å². The van der Waals surface area contributed by atoms with Gasteiger partial charge in [0.05, 0.1) is 16.2 Å². The molecule has 1 aliphatic rings. The van der Waals surface area contributed by atoms with Gasteiger partial charge in [-0.3, -0.25) is 9.59 Å². The second kappa shape index (κ2) is 8.72. The number of benzene rings is 4. The van der Waals surface area contributed by atoms with Crippen molar-refractivity contribution in [3.63, 3.8) is 0 Å². The van der Waals surface area contributed by atoms with E-state index >= 15 is 0 Å². The highest BCUT2D eigenvalue weighted by Crippen LogP contribution is 2.41. The third-order valence-electron chi connectivity index (χ3n) is 6.07. The minimum Gasteiger partial charge on any atom is -0.268 e. The largest absolute Gasteiger partial charge is 0.272 e. The number of thioether (sulfide) groups is 1. The number of nitrogens with zero attached hydrogens (tertiary/aromatic N) is 1. The van der Waals surface area contributed by atoms with E-state index in [1.54, 1.807) is 0 Å². The zero-order chi connectivity index (χ0) is 22.9. The zero-order valence-corrected chi connectivity index (χ0v) is 19.4. The summed E-state index contributed by atoms with van der Waals surface area (Å²) in [6.45, 7) is 4.07. The Balaban J connectivity index is 1.62. The van der Waals surface area contributed by atoms with Crippen molar-refractivity contribution < 1.29 is 9.59 Å². The molecule has 0 aliphatic carbocycles. The maximum absolute atomic E-state index is 13.8. The molecule has 0 atom stereocenters. The number of hydrogen-bond donors (Lipinski definition) is 0. The lowest BCUT2D eigenvalue weighted by atomic mass is 10.0. The van der Waals surface area contributed by atoms with Crippen LogP contribution in [0.25, 0.3) is 16.3 Å². The fourth-order valence-corrected chi connectivity index (χ4v) is 5.21. The van der Waals surface area contributed by atoms with Crippen molar-refractivity contribution in [1.29, 1.82) is 0 Å². The number of anilines is 1. The van der Waals surface area contributed by atoms with Crippen LogP contribution in [-0.2, 0) is 15.3 Å². The summed E-state index contributed by atoms with van der Waals surface area (Å²) < 4.78 is 0. The maximum atomic E-state index is 13.8. The van der Waals surface area contributed by atoms with E-state index in [-0.39, 0.29) is 11.8 Å². The third kappa shape index (κ3) is 3.87. The molecule has 0 spiro atoms. The average molecular weight is 450 g/mol. The van der Waals surface area contributed by atoms with E-state index in [9.17, 15) is 9.59 Å². The van der Waals surface area contributed by atoms with Gasteiger partial charge in [0.25, 0.3) is 11.8 Å². The molecule has 1 aliphatic heterocycles. The van der Waals surface area contributed by atoms with Crippen LogP contribution >= 0.6 is 11.8 Å². The molecular weight excluding hydrogens is 426 g/mol. The highest BCUT2D eigenvalue weighted by atomic mass is 32.2. The van der Waals surface area contributed by atoms with E-state index < -0.39 is 0 Å². The van der Waals surface area contributed by atoms with Crippen LogP contribution < -0.4 is 4.90 Å². The number of rotatable bonds is 5. The highest BCUT2D eigenvalue weighted by Gasteiger charge is 2.40. The first kappa shape index (κ1) is 21.2. The van der Waals surface area contributed by atoms with E-state index in [1.165, 1.54) is 16.7 Å². The van der Waals surface area contributed by atoms with Crippen molar-refractivity contribution in [2.75, 3.05) is 4.90 Å². The summed E-state index contributed by atoms with van der Waals surface area (Å²) in [7, 11) is 0. The molecule has 0 radical (unpaired) electrons. The van der Waals surface area contributed by atoms with Crippen LogP contribution in [0.5, 0.6) is 0 Å². The highest BCUT2D eigenvalue weighted by molar-refractivity contribution is 8.03. The van der Waals surface area contributed by atoms with Gasteiger partial charge in [0, 0.05) is 11.1 Å². The number of carbonyl (C=O) groups is 2. The number of imide groups is 1. The van der Waals surface area contributed by atoms with E-state index in [4.69, 9.17) is 0 Å². The first-order valence-electron chi connectivity index (χ1n) is 10.9. The number of aryl methyl sites for hydroxylation is 2. The molecule has 33 heavy (non-hydrogen) atoms. The lowest BCUT2D eigenvalue weighted by Gasteiger charge is -2.17. The second-order valence-electron chi connectivity index (χ2n) is 8.22. The molecule has 4 aromatic carbocycles. The Morgan fingerprint density at radius 2 is 1.45 bits per heavy atom. The van der Waals surface area contributed by atoms with E-state index in [2.05, 4.69) is 0 Å². The van der Waals surface area contributed by atoms with Crippen molar-refractivity contribution in [2.45, 2.75) is 19.6 Å². The molecule has 0 saturated carbocycles. The van der Waals surface area contributed by atoms with Crippen LogP contribution in [-0.4, -0.2) is 11.8 Å². The van der Waals surface area contributed by atoms with Crippen molar-refractivity contribution in [2.24, 2.45) is 0 Å². The molecule has 5 rings (SSSR count). The number of amides is 2. The average Bonchev–Trinajstić information content (AvgIpc) is 3.09. The van der Waals surface area contributed by atoms with Gasteiger partial charge in [-0.15, -0.1) is 11.8 Å². The topological polar surface area (TPSA) is 37.4 Å². The fourth-order valence-electron chi connectivity index (χ4n) is 4.15. The van der Waals surface area contributed by atoms with Gasteiger partial charge in [-0.25, -0.2) is 4.90 Å². The summed E-state index contributed by atoms with van der Waals surface area (Å²) in [6, 6.07) is 29.5. The van der Waals surface area contributed by atoms with Gasteiger partial charge in [0.2, 0.25) is 0 Å². The molecular formula is C29H23NO2S. The quantitative estimate of drug-likeness (QED) is 0.319. The molecule has 0 N–H and O–H groups in total. The van der Waals surface area contributed by atoms with Crippen molar-refractivity contribution in [3.8, 4) is 0 Å². The van der Waals surface area contributed by atoms with Crippen LogP contribution in [0.15, 0.2) is 95.9 Å². The van der Waals surface area contributed by atoms with Gasteiger partial charge in [0.1, 0.15) is 0 Å². The number of carbonyl (C=O) groups excluding carboxylic acids is 2. The first-order chi connectivity index (χ1) is 16.0. The Morgan fingerprint density at radius 3 is 2.24 bits per heavy atom. The smallest absolute Gasteiger partial charge is 0.268 e. The molecule has 0 aromatic heterocycles. The van der Waals surface area contributed by atoms with Crippen LogP contribution in [0.3, 0.4) is 0 Å². The monoisotopic (exact) mass is 449 g/mol. The van der Waals surface area contributed by atoms with E-state index in [0.717, 1.165) is 33.0 Å². The summed E-state index contributed by atoms with van der Waals surface area (Å²) in [5.74, 6) is 0.0908. The summed E-state index contributed by atoms with van der Waals surface area (Å²) in [5.41, 5.74) is 5.25. The summed E-state index contributed by atoms with van der Waals surface area (Å²) in [6.07, 6.45) is 0. The lowest BCUT2D eigenvalue weighted by Crippen LogP contribution is -2.31. The van der Waals surface area contributed by atoms with Crippen molar-refractivity contribution in [3.05, 3.63) is 118 Å². The Morgan fingerprint density at radius 1 is 0.727 bits per heavy atom. The first-order valence-corrected chi connectivity index (χ1v) is 11.9. The standard InChI is InChI=1S/C29H23NO2S/c1-19-15-16-23(17-20(19)2)26-27(33-18-21-9-4-3-5-10-21)29(32)30(28(26)31)25-14-8-12-22-11-6-7-13-24(22)25/h3-17H,18H2,1-2H3. The normalized spacial score (nSPS) is 13.9. The zero-order valence-electron chi connectivity index (χ0n) is 18.5. The third-order valence-corrected chi connectivity index (χ3v) is 7.22. The molecule has 0 bridgehead atoms. The Hall–Kier alpha value is -3.63. The molecule has 2 amide bonds. The minimum absolute atomic E-state index is 0.259. The molecule has 4 heteroatoms. The molecule has 1 heterocycles. The fraction of sp³-hybridized carbons (Fsp3) is 0.103. The van der Waals surface area contributed by atoms with Gasteiger partial charge >= 0.3 is 0 Å². The van der Waals surface area contributed by atoms with Crippen LogP contribution in [0.2, 0.25) is 0 Å². The van der Waals surface area contributed by atoms with Gasteiger partial charge in [-0.1, -0.05) is 84.9 Å². The van der Waals surface area contributed by atoms with Crippen LogP contribution in [0, 0.1) is 13.8 Å². The van der Waals surface area contributed by atoms with Gasteiger partial charge in [-0.2, -0.15) is 0 Å². The number of hydrogen-bond acceptors (Lipinski definition) is 3. The van der Waals surface area contributed by atoms with Gasteiger partial charge in [-0.05, 0) is 47.6 Å². The molecule has 0 saturated heterocycles. The Kier molecular flexibility index (Phi) is 5.61. The second-order valence-corrected chi connectivity index (χ2v) is 9.21.